The van der Waals surface area contributed by atoms with Crippen molar-refractivity contribution in [2.75, 3.05) is 6.61 Å². The predicted molar refractivity (Wildman–Crippen MR) is 95.8 cm³/mol. The fourth-order valence-electron chi connectivity index (χ4n) is 2.46. The topological polar surface area (TPSA) is 63.6 Å². The summed E-state index contributed by atoms with van der Waals surface area (Å²) in [5, 5.41) is 0. The Morgan fingerprint density at radius 1 is 0.727 bits per heavy atom. The van der Waals surface area contributed by atoms with Crippen LogP contribution >= 0.6 is 0 Å². The molecule has 0 heterocycles. The molecule has 4 nitrogen and oxygen atoms in total. The summed E-state index contributed by atoms with van der Waals surface area (Å²) in [5.41, 5.74) is 0. The van der Waals surface area contributed by atoms with E-state index in [1.165, 1.54) is 70.6 Å². The number of hydrogen-bond donors (Lipinski definition) is 1. The van der Waals surface area contributed by atoms with E-state index in [1.54, 1.807) is 0 Å². The van der Waals surface area contributed by atoms with E-state index in [2.05, 4.69) is 11.1 Å². The molecule has 0 rings (SSSR count). The second-order valence-electron chi connectivity index (χ2n) is 5.85. The largest absolute Gasteiger partial charge is 2.00 e. The summed E-state index contributed by atoms with van der Waals surface area (Å²) in [6.07, 6.45) is 17.6. The molecule has 0 aromatic heterocycles. The third-order valence-electron chi connectivity index (χ3n) is 3.73. The Morgan fingerprint density at radius 2 is 1.05 bits per heavy atom. The van der Waals surface area contributed by atoms with Crippen LogP contribution < -0.4 is 0 Å². The second kappa shape index (κ2) is 18.0. The van der Waals surface area contributed by atoms with Crippen LogP contribution in [-0.2, 0) is 14.6 Å². The van der Waals surface area contributed by atoms with Gasteiger partial charge in [0.1, 0.15) is 0 Å². The van der Waals surface area contributed by atoms with E-state index in [-0.39, 0.29) is 32.5 Å². The number of hydrogen-bond acceptors (Lipinski definition) is 3. The zero-order valence-electron chi connectivity index (χ0n) is 16.4. The van der Waals surface area contributed by atoms with E-state index in [0.29, 0.717) is 6.42 Å². The van der Waals surface area contributed by atoms with Gasteiger partial charge in [-0.3, -0.25) is 4.55 Å². The predicted octanol–water partition coefficient (Wildman–Crippen LogP) is 5.13. The number of rotatable bonds is 16. The maximum Gasteiger partial charge on any atom is 2.00 e. The fraction of sp³-hybridized carbons (Fsp3) is 1.00. The van der Waals surface area contributed by atoms with Crippen molar-refractivity contribution in [3.05, 3.63) is 0 Å². The first kappa shape index (κ1) is 24.9. The molecule has 132 valence electrons. The third-order valence-corrected chi connectivity index (χ3v) is 4.19. The SMILES string of the molecule is CCCCCCCCCCCCCCCCOS(=O)(=O)O.[H-].[H-].[Mg+2]. The minimum Gasteiger partial charge on any atom is -1.00 e. The first-order valence-electron chi connectivity index (χ1n) is 8.68. The maximum absolute atomic E-state index is 10.3. The minimum atomic E-state index is -4.24. The molecule has 0 aromatic rings. The summed E-state index contributed by atoms with van der Waals surface area (Å²) in [4.78, 5) is 0. The molecule has 0 fully saturated rings. The molecule has 1 N–H and O–H groups in total. The van der Waals surface area contributed by atoms with E-state index in [0.717, 1.165) is 12.8 Å². The van der Waals surface area contributed by atoms with Gasteiger partial charge in [0.2, 0.25) is 0 Å². The zero-order chi connectivity index (χ0) is 15.8. The van der Waals surface area contributed by atoms with Gasteiger partial charge in [0, 0.05) is 0 Å². The molecule has 0 aliphatic carbocycles. The third kappa shape index (κ3) is 22.9. The summed E-state index contributed by atoms with van der Waals surface area (Å²) in [6.45, 7) is 2.35. The Kier molecular flexibility index (Phi) is 20.3. The molecule has 0 bridgehead atoms. The van der Waals surface area contributed by atoms with Crippen molar-refractivity contribution in [3.63, 3.8) is 0 Å². The molecule has 0 amide bonds. The molecule has 0 saturated carbocycles. The van der Waals surface area contributed by atoms with Crippen molar-refractivity contribution in [1.82, 2.24) is 0 Å². The molecule has 0 atom stereocenters. The summed E-state index contributed by atoms with van der Waals surface area (Å²) in [7, 11) is -4.24. The van der Waals surface area contributed by atoms with Crippen LogP contribution in [0.15, 0.2) is 0 Å². The minimum absolute atomic E-state index is 0. The van der Waals surface area contributed by atoms with E-state index < -0.39 is 10.4 Å². The van der Waals surface area contributed by atoms with Gasteiger partial charge in [0.25, 0.3) is 0 Å². The van der Waals surface area contributed by atoms with Gasteiger partial charge in [-0.1, -0.05) is 90.4 Å². The summed E-state index contributed by atoms with van der Waals surface area (Å²) in [6, 6.07) is 0. The first-order valence-corrected chi connectivity index (χ1v) is 10.0. The molecule has 6 heteroatoms. The van der Waals surface area contributed by atoms with Crippen LogP contribution in [0.25, 0.3) is 0 Å². The van der Waals surface area contributed by atoms with Crippen LogP contribution in [0.2, 0.25) is 0 Å². The van der Waals surface area contributed by atoms with Crippen molar-refractivity contribution in [1.29, 1.82) is 0 Å². The average molecular weight is 349 g/mol. The van der Waals surface area contributed by atoms with E-state index in [1.807, 2.05) is 0 Å². The van der Waals surface area contributed by atoms with Crippen LogP contribution in [0.5, 0.6) is 0 Å². The van der Waals surface area contributed by atoms with Crippen molar-refractivity contribution >= 4 is 33.5 Å². The number of unbranched alkanes of at least 4 members (excludes halogenated alkanes) is 13. The van der Waals surface area contributed by atoms with Gasteiger partial charge >= 0.3 is 33.5 Å². The second-order valence-corrected chi connectivity index (χ2v) is 6.94. The fourth-order valence-corrected chi connectivity index (χ4v) is 2.79. The van der Waals surface area contributed by atoms with Gasteiger partial charge < -0.3 is 2.85 Å². The van der Waals surface area contributed by atoms with Crippen LogP contribution in [-0.4, -0.2) is 42.6 Å². The van der Waals surface area contributed by atoms with E-state index in [4.69, 9.17) is 4.55 Å². The Morgan fingerprint density at radius 3 is 1.36 bits per heavy atom. The molecule has 0 saturated heterocycles. The quantitative estimate of drug-likeness (QED) is 0.238. The van der Waals surface area contributed by atoms with Crippen molar-refractivity contribution < 1.29 is 20.0 Å². The smallest absolute Gasteiger partial charge is 1.00 e. The van der Waals surface area contributed by atoms with Crippen LogP contribution in [0.4, 0.5) is 0 Å². The van der Waals surface area contributed by atoms with E-state index >= 15 is 0 Å². The van der Waals surface area contributed by atoms with Gasteiger partial charge in [-0.05, 0) is 6.42 Å². The molecule has 0 aromatic carbocycles. The van der Waals surface area contributed by atoms with Gasteiger partial charge in [-0.2, -0.15) is 8.42 Å². The molecule has 0 aliphatic rings. The van der Waals surface area contributed by atoms with Gasteiger partial charge in [-0.25, -0.2) is 4.18 Å². The Balaban J connectivity index is -0.000000667. The molecular weight excluding hydrogens is 313 g/mol. The Labute approximate surface area is 156 Å². The van der Waals surface area contributed by atoms with Crippen LogP contribution in [0.1, 0.15) is 99.7 Å². The molecule has 0 unspecified atom stereocenters. The monoisotopic (exact) mass is 348 g/mol. The van der Waals surface area contributed by atoms with Gasteiger partial charge in [-0.15, -0.1) is 0 Å². The summed E-state index contributed by atoms with van der Waals surface area (Å²) < 4.78 is 33.2. The van der Waals surface area contributed by atoms with Crippen LogP contribution in [0.3, 0.4) is 0 Å². The van der Waals surface area contributed by atoms with Crippen molar-refractivity contribution in [3.8, 4) is 0 Å². The Bertz CT molecular complexity index is 317. The zero-order valence-corrected chi connectivity index (χ0v) is 16.6. The molecule has 0 radical (unpaired) electrons. The van der Waals surface area contributed by atoms with Gasteiger partial charge in [0.15, 0.2) is 0 Å². The van der Waals surface area contributed by atoms with Crippen molar-refractivity contribution in [2.45, 2.75) is 96.8 Å². The van der Waals surface area contributed by atoms with Crippen molar-refractivity contribution in [2.24, 2.45) is 0 Å². The first-order chi connectivity index (χ1) is 10.1. The molecule has 22 heavy (non-hydrogen) atoms. The summed E-state index contributed by atoms with van der Waals surface area (Å²) in [5.74, 6) is 0. The molecular formula is C16H36MgO4S. The van der Waals surface area contributed by atoms with Gasteiger partial charge in [0.05, 0.1) is 6.61 Å². The normalized spacial score (nSPS) is 11.4. The Hall–Kier alpha value is 0.636. The maximum atomic E-state index is 10.3. The van der Waals surface area contributed by atoms with Crippen LogP contribution in [0, 0.1) is 0 Å². The standard InChI is InChI=1S/C16H34O4S.Mg.2H/c1-2-3-4-5-6-7-8-9-10-11-12-13-14-15-16-20-21(17,18)19;;;/h2-16H2,1H3,(H,17,18,19);;;/q;+2;2*-1. The van der Waals surface area contributed by atoms with E-state index in [9.17, 15) is 8.42 Å². The molecule has 0 aliphatic heterocycles. The average Bonchev–Trinajstić information content (AvgIpc) is 2.42. The summed E-state index contributed by atoms with van der Waals surface area (Å²) >= 11 is 0. The molecule has 0 spiro atoms.